The van der Waals surface area contributed by atoms with Crippen LogP contribution in [0.15, 0.2) is 48.7 Å². The van der Waals surface area contributed by atoms with Gasteiger partial charge >= 0.3 is 6.03 Å². The minimum atomic E-state index is -0.729. The number of fused-ring (bicyclic) bond motifs is 1. The van der Waals surface area contributed by atoms with Gasteiger partial charge in [0.25, 0.3) is 17.7 Å². The SMILES string of the molecule is CN1CCN([C@@H]2CCCN(c3cnc(C(N)=O)c(Nc4ccc(C(=O)NCCOCCOCCOCCCc5cccc6c5CN(C5CCC(=O)NC5=O)C6=O)cc4)n3)C2)C1=O.[HH].[HH]. The van der Waals surface area contributed by atoms with E-state index in [1.54, 1.807) is 40.1 Å². The number of nitrogens with zero attached hydrogens (tertiary/aromatic N) is 6. The second-order valence-electron chi connectivity index (χ2n) is 15.7. The molecule has 0 spiro atoms. The number of aryl methyl sites for hydroxylation is 1. The second-order valence-corrected chi connectivity index (χ2v) is 15.7. The molecule has 4 aliphatic rings. The zero-order valence-corrected chi connectivity index (χ0v) is 34.9. The number of primary amides is 1. The van der Waals surface area contributed by atoms with E-state index in [0.29, 0.717) is 101 Å². The molecule has 4 aliphatic heterocycles. The first-order valence-electron chi connectivity index (χ1n) is 21.1. The smallest absolute Gasteiger partial charge is 0.320 e. The van der Waals surface area contributed by atoms with Crippen LogP contribution in [0.4, 0.5) is 22.1 Å². The Hall–Kier alpha value is -6.18. The van der Waals surface area contributed by atoms with Gasteiger partial charge in [-0.15, -0.1) is 0 Å². The third-order valence-electron chi connectivity index (χ3n) is 11.5. The minimum absolute atomic E-state index is 0. The van der Waals surface area contributed by atoms with E-state index in [1.807, 2.05) is 24.1 Å². The number of nitrogens with one attached hydrogen (secondary N) is 3. The van der Waals surface area contributed by atoms with Crippen LogP contribution in [0.3, 0.4) is 0 Å². The zero-order valence-electron chi connectivity index (χ0n) is 34.9. The molecule has 0 radical (unpaired) electrons. The maximum atomic E-state index is 13.1. The Kier molecular flexibility index (Phi) is 14.6. The molecule has 1 aromatic heterocycles. The van der Waals surface area contributed by atoms with Crippen molar-refractivity contribution in [1.82, 2.24) is 35.3 Å². The molecule has 3 fully saturated rings. The number of piperidine rings is 2. The number of aromatic nitrogens is 2. The summed E-state index contributed by atoms with van der Waals surface area (Å²) in [5.74, 6) is -1.13. The largest absolute Gasteiger partial charge is 0.379 e. The van der Waals surface area contributed by atoms with Crippen LogP contribution in [0.1, 0.15) is 77.3 Å². The highest BCUT2D eigenvalue weighted by atomic mass is 16.5. The molecule has 7 rings (SSSR count). The molecular formula is C43H58N10O9. The van der Waals surface area contributed by atoms with E-state index in [2.05, 4.69) is 25.8 Å². The highest BCUT2D eigenvalue weighted by Gasteiger charge is 2.40. The van der Waals surface area contributed by atoms with Crippen LogP contribution in [0.2, 0.25) is 0 Å². The van der Waals surface area contributed by atoms with Crippen molar-refractivity contribution >= 4 is 52.9 Å². The third kappa shape index (κ3) is 10.6. The van der Waals surface area contributed by atoms with E-state index in [9.17, 15) is 28.8 Å². The lowest BCUT2D eigenvalue weighted by Gasteiger charge is -2.37. The fraction of sp³-hybridized carbons (Fsp3) is 0.488. The normalized spacial score (nSPS) is 18.9. The van der Waals surface area contributed by atoms with E-state index in [4.69, 9.17) is 24.9 Å². The Morgan fingerprint density at radius 2 is 1.68 bits per heavy atom. The minimum Gasteiger partial charge on any atom is -0.379 e. The lowest BCUT2D eigenvalue weighted by Crippen LogP contribution is -2.52. The molecule has 5 N–H and O–H groups in total. The molecular weight excluding hydrogens is 801 g/mol. The summed E-state index contributed by atoms with van der Waals surface area (Å²) < 4.78 is 16.9. The van der Waals surface area contributed by atoms with Crippen LogP contribution in [-0.4, -0.2) is 152 Å². The van der Waals surface area contributed by atoms with Crippen molar-refractivity contribution in [2.75, 3.05) is 89.6 Å². The molecule has 0 aliphatic carbocycles. The van der Waals surface area contributed by atoms with Gasteiger partial charge in [-0.25, -0.2) is 14.8 Å². The summed E-state index contributed by atoms with van der Waals surface area (Å²) in [6.07, 6.45) is 5.35. The molecule has 5 heterocycles. The summed E-state index contributed by atoms with van der Waals surface area (Å²) >= 11 is 0. The Morgan fingerprint density at radius 3 is 2.40 bits per heavy atom. The van der Waals surface area contributed by atoms with Crippen molar-refractivity contribution in [3.63, 3.8) is 0 Å². The number of anilines is 3. The van der Waals surface area contributed by atoms with Gasteiger partial charge in [-0.3, -0.25) is 29.3 Å². The summed E-state index contributed by atoms with van der Waals surface area (Å²) in [5, 5.41) is 8.30. The fourth-order valence-corrected chi connectivity index (χ4v) is 8.19. The first-order valence-corrected chi connectivity index (χ1v) is 21.1. The highest BCUT2D eigenvalue weighted by molar-refractivity contribution is 6.05. The summed E-state index contributed by atoms with van der Waals surface area (Å²) in [6, 6.07) is 11.8. The third-order valence-corrected chi connectivity index (χ3v) is 11.5. The fourth-order valence-electron chi connectivity index (χ4n) is 8.19. The predicted molar refractivity (Wildman–Crippen MR) is 230 cm³/mol. The molecule has 19 heteroatoms. The van der Waals surface area contributed by atoms with Gasteiger partial charge in [0.2, 0.25) is 11.8 Å². The van der Waals surface area contributed by atoms with Gasteiger partial charge in [0.15, 0.2) is 11.5 Å². The number of nitrogens with two attached hydrogens (primary N) is 1. The van der Waals surface area contributed by atoms with Crippen LogP contribution in [0.25, 0.3) is 0 Å². The Morgan fingerprint density at radius 1 is 0.919 bits per heavy atom. The van der Waals surface area contributed by atoms with Crippen LogP contribution in [-0.2, 0) is 36.8 Å². The van der Waals surface area contributed by atoms with Crippen molar-refractivity contribution in [2.45, 2.75) is 57.2 Å². The summed E-state index contributed by atoms with van der Waals surface area (Å²) in [6.45, 7) is 5.78. The molecule has 62 heavy (non-hydrogen) atoms. The summed E-state index contributed by atoms with van der Waals surface area (Å²) in [5.41, 5.74) is 9.23. The molecule has 3 saturated heterocycles. The monoisotopic (exact) mass is 858 g/mol. The van der Waals surface area contributed by atoms with Crippen molar-refractivity contribution in [2.24, 2.45) is 5.73 Å². The number of benzene rings is 2. The highest BCUT2D eigenvalue weighted by Crippen LogP contribution is 2.31. The van der Waals surface area contributed by atoms with Gasteiger partial charge in [-0.2, -0.15) is 0 Å². The number of likely N-dealkylation sites (N-methyl/N-ethyl adjacent to an activating group) is 1. The molecule has 1 unspecified atom stereocenters. The van der Waals surface area contributed by atoms with Crippen LogP contribution >= 0.6 is 0 Å². The van der Waals surface area contributed by atoms with Crippen molar-refractivity contribution < 1.29 is 45.8 Å². The van der Waals surface area contributed by atoms with Gasteiger partial charge in [-0.05, 0) is 73.6 Å². The first-order chi connectivity index (χ1) is 30.1. The van der Waals surface area contributed by atoms with Gasteiger partial charge in [0, 0.05) is 79.0 Å². The Labute approximate surface area is 362 Å². The van der Waals surface area contributed by atoms with E-state index in [0.717, 1.165) is 43.4 Å². The maximum absolute atomic E-state index is 13.1. The van der Waals surface area contributed by atoms with Crippen molar-refractivity contribution in [3.8, 4) is 0 Å². The maximum Gasteiger partial charge on any atom is 0.320 e. The number of carbonyl (C=O) groups excluding carboxylic acids is 6. The summed E-state index contributed by atoms with van der Waals surface area (Å²) in [4.78, 5) is 90.9. The van der Waals surface area contributed by atoms with Crippen LogP contribution < -0.4 is 26.6 Å². The lowest BCUT2D eigenvalue weighted by atomic mass is 10.00. The molecule has 2 atom stereocenters. The number of imide groups is 1. The van der Waals surface area contributed by atoms with Crippen molar-refractivity contribution in [1.29, 1.82) is 0 Å². The molecule has 3 aromatic rings. The van der Waals surface area contributed by atoms with E-state index in [-0.39, 0.29) is 50.6 Å². The first kappa shape index (κ1) is 43.9. The number of rotatable bonds is 20. The molecule has 0 saturated carbocycles. The van der Waals surface area contributed by atoms with Crippen LogP contribution in [0.5, 0.6) is 0 Å². The summed E-state index contributed by atoms with van der Waals surface area (Å²) in [7, 11) is 1.81. The molecule has 7 amide bonds. The Balaban J connectivity index is 0.00000385. The molecule has 2 aromatic carbocycles. The number of hydrogen-bond donors (Lipinski definition) is 4. The topological polar surface area (TPSA) is 231 Å². The predicted octanol–water partition coefficient (Wildman–Crippen LogP) is 2.32. The number of amides is 7. The van der Waals surface area contributed by atoms with Crippen LogP contribution in [0, 0.1) is 0 Å². The van der Waals surface area contributed by atoms with Gasteiger partial charge in [0.05, 0.1) is 45.3 Å². The quantitative estimate of drug-likeness (QED) is 0.0946. The number of carbonyl (C=O) groups is 6. The number of urea groups is 1. The van der Waals surface area contributed by atoms with Gasteiger partial charge < -0.3 is 50.2 Å². The Bertz CT molecular complexity index is 2150. The van der Waals surface area contributed by atoms with E-state index in [1.165, 1.54) is 6.20 Å². The molecule has 334 valence electrons. The average molecular weight is 859 g/mol. The number of hydrogen-bond acceptors (Lipinski definition) is 13. The van der Waals surface area contributed by atoms with Crippen molar-refractivity contribution in [3.05, 3.63) is 76.6 Å². The second kappa shape index (κ2) is 20.6. The lowest BCUT2D eigenvalue weighted by molar-refractivity contribution is -0.136. The molecule has 0 bridgehead atoms. The van der Waals surface area contributed by atoms with Gasteiger partial charge in [0.1, 0.15) is 11.9 Å². The van der Waals surface area contributed by atoms with Gasteiger partial charge in [-0.1, -0.05) is 12.1 Å². The molecule has 19 nitrogen and oxygen atoms in total. The van der Waals surface area contributed by atoms with E-state index < -0.39 is 17.9 Å². The standard InChI is InChI=1S/C43H54N10O9.2H2/c1-50-17-18-52(43(50)59)31-7-3-16-51(26-31)35-25-46-37(38(44)55)39(48-35)47-30-11-9-29(10-12-30)40(56)45-15-20-61-22-24-62-23-21-60-19-4-6-28-5-2-8-32-33(28)27-53(42(32)58)34-13-14-36(54)49-41(34)57;;/h2,5,8-12,25,31,34H,3-4,6-7,13-24,26-27H2,1H3,(H2,44,55)(H,45,56)(H,47,48)(H,49,54,57);2*1H/t31-,34?;;/m1../s1. The zero-order chi connectivity index (χ0) is 43.6. The number of ether oxygens (including phenoxy) is 3. The van der Waals surface area contributed by atoms with E-state index >= 15 is 0 Å². The average Bonchev–Trinajstić information content (AvgIpc) is 3.79.